The van der Waals surface area contributed by atoms with Crippen molar-refractivity contribution in [2.45, 2.75) is 26.2 Å². The van der Waals surface area contributed by atoms with E-state index in [-0.39, 0.29) is 5.41 Å². The zero-order chi connectivity index (χ0) is 13.8. The van der Waals surface area contributed by atoms with E-state index in [4.69, 9.17) is 16.9 Å². The number of nitrogens with one attached hydrogen (secondary N) is 1. The van der Waals surface area contributed by atoms with Gasteiger partial charge in [0.1, 0.15) is 0 Å². The number of nitriles is 1. The van der Waals surface area contributed by atoms with Gasteiger partial charge in [0.05, 0.1) is 10.7 Å². The summed E-state index contributed by atoms with van der Waals surface area (Å²) in [4.78, 5) is 4.35. The van der Waals surface area contributed by atoms with Crippen LogP contribution in [0.15, 0.2) is 23.2 Å². The maximum Gasteiger partial charge on any atom is 0.183 e. The summed E-state index contributed by atoms with van der Waals surface area (Å²) in [5, 5.41) is 12.2. The van der Waals surface area contributed by atoms with Gasteiger partial charge in [0, 0.05) is 0 Å². The first kappa shape index (κ1) is 14.9. The molecular formula is C13H16ClN3S. The molecule has 0 amide bonds. The fraction of sp³-hybridized carbons (Fsp3) is 0.385. The largest absolute Gasteiger partial charge is 0.271 e. The summed E-state index contributed by atoms with van der Waals surface area (Å²) in [5.74, 6) is 0. The first-order valence-electron chi connectivity index (χ1n) is 5.46. The van der Waals surface area contributed by atoms with Crippen molar-refractivity contribution in [2.24, 2.45) is 4.99 Å². The lowest BCUT2D eigenvalue weighted by Gasteiger charge is -2.19. The Morgan fingerprint density at radius 1 is 1.44 bits per heavy atom. The molecule has 0 saturated carbocycles. The molecule has 0 aromatic heterocycles. The lowest BCUT2D eigenvalue weighted by Crippen LogP contribution is -2.13. The Labute approximate surface area is 117 Å². The molecule has 1 N–H and O–H groups in total. The summed E-state index contributed by atoms with van der Waals surface area (Å²) in [6, 6.07) is 5.79. The molecule has 0 aliphatic carbocycles. The van der Waals surface area contributed by atoms with Crippen LogP contribution in [0.5, 0.6) is 0 Å². The number of benzene rings is 1. The highest BCUT2D eigenvalue weighted by atomic mass is 35.5. The van der Waals surface area contributed by atoms with Gasteiger partial charge in [-0.2, -0.15) is 5.26 Å². The van der Waals surface area contributed by atoms with E-state index in [9.17, 15) is 0 Å². The number of nitrogens with zero attached hydrogens (tertiary/aromatic N) is 2. The third-order valence-electron chi connectivity index (χ3n) is 2.39. The molecule has 96 valence electrons. The van der Waals surface area contributed by atoms with Gasteiger partial charge in [0.15, 0.2) is 11.4 Å². The molecule has 1 aromatic rings. The van der Waals surface area contributed by atoms with E-state index in [1.807, 2.05) is 30.6 Å². The van der Waals surface area contributed by atoms with Crippen molar-refractivity contribution in [1.29, 1.82) is 5.26 Å². The molecule has 1 aromatic carbocycles. The second-order valence-electron chi connectivity index (χ2n) is 4.77. The van der Waals surface area contributed by atoms with Gasteiger partial charge in [-0.3, -0.25) is 5.32 Å². The topological polar surface area (TPSA) is 48.2 Å². The van der Waals surface area contributed by atoms with Crippen LogP contribution in [-0.2, 0) is 5.41 Å². The van der Waals surface area contributed by atoms with Gasteiger partial charge in [-0.1, -0.05) is 50.2 Å². The minimum atomic E-state index is 0.0387. The van der Waals surface area contributed by atoms with Crippen molar-refractivity contribution in [3.63, 3.8) is 0 Å². The Morgan fingerprint density at radius 2 is 2.11 bits per heavy atom. The molecule has 0 atom stereocenters. The first-order chi connectivity index (χ1) is 8.38. The number of halogens is 1. The van der Waals surface area contributed by atoms with Gasteiger partial charge in [0.25, 0.3) is 0 Å². The average Bonchev–Trinajstić information content (AvgIpc) is 2.29. The lowest BCUT2D eigenvalue weighted by atomic mass is 9.87. The summed E-state index contributed by atoms with van der Waals surface area (Å²) in [6.45, 7) is 6.40. The van der Waals surface area contributed by atoms with Crippen molar-refractivity contribution < 1.29 is 0 Å². The highest BCUT2D eigenvalue weighted by Gasteiger charge is 2.15. The van der Waals surface area contributed by atoms with E-state index in [2.05, 4.69) is 31.1 Å². The number of hydrogen-bond donors (Lipinski definition) is 1. The minimum Gasteiger partial charge on any atom is -0.271 e. The predicted molar refractivity (Wildman–Crippen MR) is 79.5 cm³/mol. The Kier molecular flexibility index (Phi) is 5.06. The molecule has 18 heavy (non-hydrogen) atoms. The van der Waals surface area contributed by atoms with E-state index in [1.54, 1.807) is 0 Å². The van der Waals surface area contributed by atoms with Gasteiger partial charge in [-0.15, -0.1) is 0 Å². The molecule has 0 radical (unpaired) electrons. The summed E-state index contributed by atoms with van der Waals surface area (Å²) in [5.41, 5.74) is 1.87. The smallest absolute Gasteiger partial charge is 0.183 e. The maximum atomic E-state index is 8.61. The monoisotopic (exact) mass is 281 g/mol. The number of thioether (sulfide) groups is 1. The molecular weight excluding hydrogens is 266 g/mol. The maximum absolute atomic E-state index is 8.61. The Balaban J connectivity index is 3.20. The lowest BCUT2D eigenvalue weighted by molar-refractivity contribution is 0.590. The summed E-state index contributed by atoms with van der Waals surface area (Å²) >= 11 is 7.49. The molecule has 0 bridgehead atoms. The zero-order valence-corrected chi connectivity index (χ0v) is 12.5. The number of aliphatic imine (C=N–C) groups is 1. The van der Waals surface area contributed by atoms with Gasteiger partial charge in [-0.25, -0.2) is 4.99 Å². The standard InChI is InChI=1S/C13H16ClN3S/c1-13(2,3)9-5-6-10(14)11(7-9)17-12(18-4)16-8-15/h5-7H,1-4H3,(H,16,17). The SMILES string of the molecule is CSC(=Nc1cc(C(C)(C)C)ccc1Cl)NC#N. The van der Waals surface area contributed by atoms with Crippen LogP contribution in [0, 0.1) is 11.5 Å². The van der Waals surface area contributed by atoms with Gasteiger partial charge in [-0.05, 0) is 29.4 Å². The van der Waals surface area contributed by atoms with Crippen LogP contribution in [0.25, 0.3) is 0 Å². The van der Waals surface area contributed by atoms with Crippen molar-refractivity contribution in [2.75, 3.05) is 6.26 Å². The van der Waals surface area contributed by atoms with Crippen LogP contribution in [0.1, 0.15) is 26.3 Å². The van der Waals surface area contributed by atoms with Crippen LogP contribution in [0.3, 0.4) is 0 Å². The fourth-order valence-corrected chi connectivity index (χ4v) is 1.84. The van der Waals surface area contributed by atoms with Crippen LogP contribution < -0.4 is 5.32 Å². The number of rotatable bonds is 1. The fourth-order valence-electron chi connectivity index (χ4n) is 1.35. The molecule has 3 nitrogen and oxygen atoms in total. The van der Waals surface area contributed by atoms with Crippen molar-refractivity contribution in [3.8, 4) is 6.19 Å². The minimum absolute atomic E-state index is 0.0387. The molecule has 0 spiro atoms. The Hall–Kier alpha value is -1.18. The van der Waals surface area contributed by atoms with E-state index in [1.165, 1.54) is 11.8 Å². The van der Waals surface area contributed by atoms with Crippen LogP contribution in [-0.4, -0.2) is 11.4 Å². The molecule has 0 heterocycles. The third-order valence-corrected chi connectivity index (χ3v) is 3.29. The van der Waals surface area contributed by atoms with Crippen molar-refractivity contribution in [1.82, 2.24) is 5.32 Å². The van der Waals surface area contributed by atoms with Gasteiger partial charge < -0.3 is 0 Å². The molecule has 5 heteroatoms. The summed E-state index contributed by atoms with van der Waals surface area (Å²) in [6.07, 6.45) is 3.71. The van der Waals surface area contributed by atoms with E-state index in [0.29, 0.717) is 15.9 Å². The summed E-state index contributed by atoms with van der Waals surface area (Å²) in [7, 11) is 0. The van der Waals surface area contributed by atoms with Crippen LogP contribution in [0.4, 0.5) is 5.69 Å². The van der Waals surface area contributed by atoms with E-state index in [0.717, 1.165) is 5.56 Å². The molecule has 1 rings (SSSR count). The van der Waals surface area contributed by atoms with Crippen LogP contribution >= 0.6 is 23.4 Å². The molecule has 0 fully saturated rings. The second kappa shape index (κ2) is 6.12. The third kappa shape index (κ3) is 3.94. The predicted octanol–water partition coefficient (Wildman–Crippen LogP) is 4.06. The highest BCUT2D eigenvalue weighted by Crippen LogP contribution is 2.32. The first-order valence-corrected chi connectivity index (χ1v) is 7.06. The molecule has 0 aliphatic rings. The Bertz CT molecular complexity index is 498. The van der Waals surface area contributed by atoms with E-state index < -0.39 is 0 Å². The van der Waals surface area contributed by atoms with E-state index >= 15 is 0 Å². The second-order valence-corrected chi connectivity index (χ2v) is 5.98. The van der Waals surface area contributed by atoms with Gasteiger partial charge in [0.2, 0.25) is 0 Å². The van der Waals surface area contributed by atoms with Crippen molar-refractivity contribution in [3.05, 3.63) is 28.8 Å². The Morgan fingerprint density at radius 3 is 2.61 bits per heavy atom. The van der Waals surface area contributed by atoms with Gasteiger partial charge >= 0.3 is 0 Å². The van der Waals surface area contributed by atoms with Crippen molar-refractivity contribution >= 4 is 34.2 Å². The van der Waals surface area contributed by atoms with Crippen LogP contribution in [0.2, 0.25) is 5.02 Å². The zero-order valence-electron chi connectivity index (χ0n) is 10.9. The number of hydrogen-bond acceptors (Lipinski definition) is 3. The summed E-state index contributed by atoms with van der Waals surface area (Å²) < 4.78 is 0. The quantitative estimate of drug-likeness (QED) is 0.365. The molecule has 0 saturated heterocycles. The highest BCUT2D eigenvalue weighted by molar-refractivity contribution is 8.13. The average molecular weight is 282 g/mol. The number of amidine groups is 1. The molecule has 0 aliphatic heterocycles. The normalized spacial score (nSPS) is 12.1. The molecule has 0 unspecified atom stereocenters.